The molecule has 3 rings (SSSR count). The lowest BCUT2D eigenvalue weighted by atomic mass is 9.79. The molecule has 23 heavy (non-hydrogen) atoms. The molecule has 0 radical (unpaired) electrons. The van der Waals surface area contributed by atoms with Crippen molar-refractivity contribution >= 4 is 24.2 Å². The fraction of sp³-hybridized carbons (Fsp3) is 0.588. The van der Waals surface area contributed by atoms with Crippen LogP contribution in [-0.4, -0.2) is 24.2 Å². The first-order valence-corrected chi connectivity index (χ1v) is 8.15. The predicted octanol–water partition coefficient (Wildman–Crippen LogP) is 2.86. The van der Waals surface area contributed by atoms with E-state index >= 15 is 0 Å². The second-order valence-electron chi connectivity index (χ2n) is 7.44. The third kappa shape index (κ3) is 3.02. The van der Waals surface area contributed by atoms with Gasteiger partial charge in [0.15, 0.2) is 0 Å². The van der Waals surface area contributed by atoms with E-state index < -0.39 is 24.1 Å². The molecule has 4 nitrogen and oxygen atoms in total. The van der Waals surface area contributed by atoms with Crippen LogP contribution in [0.15, 0.2) is 18.2 Å². The molecular formula is C17H23BFNO3. The summed E-state index contributed by atoms with van der Waals surface area (Å²) in [6, 6.07) is 4.58. The van der Waals surface area contributed by atoms with Crippen LogP contribution in [0.4, 0.5) is 10.1 Å². The topological polar surface area (TPSA) is 47.6 Å². The molecule has 124 valence electrons. The van der Waals surface area contributed by atoms with Gasteiger partial charge in [-0.05, 0) is 58.1 Å². The lowest BCUT2D eigenvalue weighted by molar-refractivity contribution is -0.122. The molecule has 1 aromatic carbocycles. The average Bonchev–Trinajstić information content (AvgIpc) is 2.59. The van der Waals surface area contributed by atoms with Crippen molar-refractivity contribution in [3.05, 3.63) is 24.0 Å². The number of halogens is 1. The highest BCUT2D eigenvalue weighted by Gasteiger charge is 2.51. The Bertz CT molecular complexity index is 612. The highest BCUT2D eigenvalue weighted by Crippen LogP contribution is 2.36. The van der Waals surface area contributed by atoms with Gasteiger partial charge in [0.05, 0.1) is 16.9 Å². The van der Waals surface area contributed by atoms with Gasteiger partial charge in [-0.3, -0.25) is 4.79 Å². The molecule has 2 aliphatic rings. The Morgan fingerprint density at radius 3 is 2.35 bits per heavy atom. The van der Waals surface area contributed by atoms with Crippen LogP contribution >= 0.6 is 0 Å². The summed E-state index contributed by atoms with van der Waals surface area (Å²) >= 11 is 0. The number of amides is 1. The lowest BCUT2D eigenvalue weighted by Crippen LogP contribution is -2.41. The molecule has 1 saturated carbocycles. The molecule has 1 saturated heterocycles. The number of benzene rings is 1. The first kappa shape index (κ1) is 16.5. The van der Waals surface area contributed by atoms with Crippen molar-refractivity contribution in [2.75, 3.05) is 5.32 Å². The van der Waals surface area contributed by atoms with Gasteiger partial charge in [0, 0.05) is 5.92 Å². The second-order valence-corrected chi connectivity index (χ2v) is 7.44. The van der Waals surface area contributed by atoms with Crippen LogP contribution in [0.25, 0.3) is 0 Å². The molecule has 0 aromatic heterocycles. The molecular weight excluding hydrogens is 296 g/mol. The van der Waals surface area contributed by atoms with E-state index in [4.69, 9.17) is 9.31 Å². The van der Waals surface area contributed by atoms with Gasteiger partial charge in [0.2, 0.25) is 5.91 Å². The van der Waals surface area contributed by atoms with Gasteiger partial charge in [-0.2, -0.15) is 0 Å². The molecule has 1 amide bonds. The monoisotopic (exact) mass is 319 g/mol. The number of carbonyl (C=O) groups is 1. The maximum Gasteiger partial charge on any atom is 0.494 e. The van der Waals surface area contributed by atoms with E-state index in [0.29, 0.717) is 5.46 Å². The van der Waals surface area contributed by atoms with E-state index in [1.54, 1.807) is 12.1 Å². The Hall–Kier alpha value is -1.40. The second kappa shape index (κ2) is 5.60. The van der Waals surface area contributed by atoms with Crippen molar-refractivity contribution in [1.29, 1.82) is 0 Å². The van der Waals surface area contributed by atoms with Gasteiger partial charge < -0.3 is 14.6 Å². The number of anilines is 1. The molecule has 0 atom stereocenters. The molecule has 6 heteroatoms. The van der Waals surface area contributed by atoms with Crippen molar-refractivity contribution in [2.45, 2.75) is 58.2 Å². The van der Waals surface area contributed by atoms with E-state index in [9.17, 15) is 9.18 Å². The zero-order valence-corrected chi connectivity index (χ0v) is 14.1. The maximum absolute atomic E-state index is 14.0. The molecule has 2 fully saturated rings. The fourth-order valence-electron chi connectivity index (χ4n) is 2.67. The molecule has 1 N–H and O–H groups in total. The summed E-state index contributed by atoms with van der Waals surface area (Å²) in [5, 5.41) is 2.69. The quantitative estimate of drug-likeness (QED) is 0.872. The van der Waals surface area contributed by atoms with Gasteiger partial charge in [-0.25, -0.2) is 4.39 Å². The minimum Gasteiger partial charge on any atom is -0.399 e. The van der Waals surface area contributed by atoms with E-state index in [0.717, 1.165) is 19.3 Å². The van der Waals surface area contributed by atoms with Crippen molar-refractivity contribution in [3.8, 4) is 0 Å². The number of rotatable bonds is 3. The fourth-order valence-corrected chi connectivity index (χ4v) is 2.67. The Balaban J connectivity index is 1.79. The van der Waals surface area contributed by atoms with Crippen LogP contribution in [0.1, 0.15) is 47.0 Å². The highest BCUT2D eigenvalue weighted by atomic mass is 19.1. The van der Waals surface area contributed by atoms with Crippen molar-refractivity contribution in [3.63, 3.8) is 0 Å². The zero-order chi connectivity index (χ0) is 16.8. The molecule has 1 aromatic rings. The van der Waals surface area contributed by atoms with Gasteiger partial charge in [0.1, 0.15) is 5.82 Å². The molecule has 1 aliphatic heterocycles. The number of hydrogen-bond acceptors (Lipinski definition) is 3. The van der Waals surface area contributed by atoms with Crippen LogP contribution in [-0.2, 0) is 14.1 Å². The number of hydrogen-bond donors (Lipinski definition) is 1. The van der Waals surface area contributed by atoms with Gasteiger partial charge >= 0.3 is 7.12 Å². The molecule has 1 heterocycles. The lowest BCUT2D eigenvalue weighted by Gasteiger charge is -2.32. The first-order chi connectivity index (χ1) is 10.7. The van der Waals surface area contributed by atoms with Gasteiger partial charge in [-0.1, -0.05) is 12.5 Å². The van der Waals surface area contributed by atoms with Crippen LogP contribution < -0.4 is 10.8 Å². The van der Waals surface area contributed by atoms with Crippen LogP contribution in [0.2, 0.25) is 0 Å². The third-order valence-corrected chi connectivity index (χ3v) is 5.25. The predicted molar refractivity (Wildman–Crippen MR) is 88.1 cm³/mol. The summed E-state index contributed by atoms with van der Waals surface area (Å²) in [6.07, 6.45) is 2.82. The largest absolute Gasteiger partial charge is 0.494 e. The van der Waals surface area contributed by atoms with E-state index in [1.165, 1.54) is 6.07 Å². The molecule has 1 aliphatic carbocycles. The Morgan fingerprint density at radius 2 is 1.83 bits per heavy atom. The van der Waals surface area contributed by atoms with E-state index in [2.05, 4.69) is 5.32 Å². The van der Waals surface area contributed by atoms with E-state index in [-0.39, 0.29) is 17.5 Å². The molecule has 0 bridgehead atoms. The van der Waals surface area contributed by atoms with Crippen LogP contribution in [0.3, 0.4) is 0 Å². The standard InChI is InChI=1S/C17H23BFNO3/c1-16(2)17(3,4)23-18(22-16)12-8-9-13(19)14(10-12)20-15(21)11-6-5-7-11/h8-11H,5-7H2,1-4H3,(H,20,21). The number of nitrogens with one attached hydrogen (secondary N) is 1. The van der Waals surface area contributed by atoms with Gasteiger partial charge in [0.25, 0.3) is 0 Å². The minimum atomic E-state index is -0.569. The Morgan fingerprint density at radius 1 is 1.22 bits per heavy atom. The maximum atomic E-state index is 14.0. The minimum absolute atomic E-state index is 0.00917. The van der Waals surface area contributed by atoms with Crippen LogP contribution in [0.5, 0.6) is 0 Å². The summed E-state index contributed by atoms with van der Waals surface area (Å²) in [5.74, 6) is -0.547. The summed E-state index contributed by atoms with van der Waals surface area (Å²) in [7, 11) is -0.569. The smallest absolute Gasteiger partial charge is 0.399 e. The summed E-state index contributed by atoms with van der Waals surface area (Å²) < 4.78 is 26.0. The molecule has 0 unspecified atom stereocenters. The Kier molecular flexibility index (Phi) is 4.01. The zero-order valence-electron chi connectivity index (χ0n) is 14.1. The average molecular weight is 319 g/mol. The third-order valence-electron chi connectivity index (χ3n) is 5.25. The normalized spacial score (nSPS) is 22.7. The SMILES string of the molecule is CC1(C)OB(c2ccc(F)c(NC(=O)C3CCC3)c2)OC1(C)C. The summed E-state index contributed by atoms with van der Waals surface area (Å²) in [4.78, 5) is 12.0. The number of carbonyl (C=O) groups excluding carboxylic acids is 1. The van der Waals surface area contributed by atoms with Crippen molar-refractivity contribution in [1.82, 2.24) is 0 Å². The van der Waals surface area contributed by atoms with Crippen molar-refractivity contribution < 1.29 is 18.5 Å². The van der Waals surface area contributed by atoms with Crippen molar-refractivity contribution in [2.24, 2.45) is 5.92 Å². The first-order valence-electron chi connectivity index (χ1n) is 8.15. The van der Waals surface area contributed by atoms with Crippen LogP contribution in [0, 0.1) is 11.7 Å². The summed E-state index contributed by atoms with van der Waals surface area (Å²) in [6.45, 7) is 7.87. The highest BCUT2D eigenvalue weighted by molar-refractivity contribution is 6.62. The summed E-state index contributed by atoms with van der Waals surface area (Å²) in [5.41, 5.74) is -0.0222. The Labute approximate surface area is 136 Å². The molecule has 0 spiro atoms. The van der Waals surface area contributed by atoms with E-state index in [1.807, 2.05) is 27.7 Å². The van der Waals surface area contributed by atoms with Gasteiger partial charge in [-0.15, -0.1) is 0 Å².